The highest BCUT2D eigenvalue weighted by molar-refractivity contribution is 6.14. The van der Waals surface area contributed by atoms with E-state index < -0.39 is 42.1 Å². The smallest absolute Gasteiger partial charge is 0.339 e. The Balaban J connectivity index is 1.44. The van der Waals surface area contributed by atoms with Gasteiger partial charge in [0.25, 0.3) is 0 Å². The van der Waals surface area contributed by atoms with Crippen molar-refractivity contribution in [1.29, 1.82) is 0 Å². The minimum atomic E-state index is -0.729. The SMILES string of the molecule is CN1C(C)(C)CC(OC(=O)c2cc(C(=O)OC3CC(C)(C)N(C)C(C)(C)C3)c(C(=O)C3C=C3C3CC(C)(C)N(C)C(C)(C)C3)cc2C(=O)OC2CC(C)(C)N(C)C(C)(C)C2)CC1(C)C. The summed E-state index contributed by atoms with van der Waals surface area (Å²) >= 11 is 0. The lowest BCUT2D eigenvalue weighted by Gasteiger charge is -2.53. The third kappa shape index (κ3) is 9.66. The van der Waals surface area contributed by atoms with Crippen molar-refractivity contribution >= 4 is 23.7 Å². The maximum atomic E-state index is 15.1. The summed E-state index contributed by atoms with van der Waals surface area (Å²) in [4.78, 5) is 68.9. The molecule has 4 saturated heterocycles. The minimum absolute atomic E-state index is 0.0303. The quantitative estimate of drug-likeness (QED) is 0.102. The highest BCUT2D eigenvalue weighted by Crippen LogP contribution is 2.51. The van der Waals surface area contributed by atoms with Crippen LogP contribution in [0, 0.1) is 11.8 Å². The van der Waals surface area contributed by atoms with Crippen molar-refractivity contribution in [3.63, 3.8) is 0 Å². The molecule has 0 bridgehead atoms. The molecule has 1 aromatic carbocycles. The Labute approximate surface area is 386 Å². The average molecular weight is 889 g/mol. The molecule has 0 aromatic heterocycles. The van der Waals surface area contributed by atoms with E-state index in [1.807, 2.05) is 6.08 Å². The number of nitrogens with zero attached hydrogens (tertiary/aromatic N) is 4. The molecule has 1 atom stereocenters. The van der Waals surface area contributed by atoms with E-state index in [4.69, 9.17) is 14.2 Å². The van der Waals surface area contributed by atoms with E-state index in [-0.39, 0.29) is 78.3 Å². The number of likely N-dealkylation sites (tertiary alicyclic amines) is 4. The molecule has 0 amide bonds. The Morgan fingerprint density at radius 1 is 0.406 bits per heavy atom. The van der Waals surface area contributed by atoms with E-state index in [0.29, 0.717) is 38.5 Å². The monoisotopic (exact) mass is 889 g/mol. The number of piperidine rings is 4. The number of Topliss-reactive ketones (excluding diaryl/α,β-unsaturated/α-hetero) is 1. The van der Waals surface area contributed by atoms with Crippen LogP contribution in [0.25, 0.3) is 0 Å². The Morgan fingerprint density at radius 3 is 0.922 bits per heavy atom. The van der Waals surface area contributed by atoms with Crippen LogP contribution in [0.2, 0.25) is 0 Å². The standard InChI is InChI=1S/C53H84N4O7/c1-46(2)24-32(25-47(3,4)54(46)17)36-21-37(36)42(58)38-22-40(44(60)63-34-28-50(9,10)56(19)51(11,12)29-34)41(45(61)64-35-30-52(13,14)57(20)53(15,16)31-35)23-39(38)43(59)62-33-26-48(5,6)55(18)49(7,8)27-33/h21-23,32-35,37H,24-31H2,1-20H3. The van der Waals surface area contributed by atoms with Crippen molar-refractivity contribution in [1.82, 2.24) is 19.6 Å². The van der Waals surface area contributed by atoms with Crippen LogP contribution >= 0.6 is 0 Å². The van der Waals surface area contributed by atoms with Gasteiger partial charge in [-0.3, -0.25) is 24.4 Å². The fraction of sp³-hybridized carbons (Fsp3) is 0.774. The summed E-state index contributed by atoms with van der Waals surface area (Å²) in [6.07, 6.45) is 5.90. The second-order valence-electron chi connectivity index (χ2n) is 25.6. The molecule has 11 heteroatoms. The van der Waals surface area contributed by atoms with Crippen molar-refractivity contribution in [3.8, 4) is 0 Å². The number of esters is 3. The lowest BCUT2D eigenvalue weighted by atomic mass is 9.72. The second-order valence-corrected chi connectivity index (χ2v) is 25.6. The lowest BCUT2D eigenvalue weighted by molar-refractivity contribution is -0.0752. The van der Waals surface area contributed by atoms with Crippen molar-refractivity contribution in [3.05, 3.63) is 46.0 Å². The first-order valence-corrected chi connectivity index (χ1v) is 24.0. The van der Waals surface area contributed by atoms with Gasteiger partial charge in [-0.1, -0.05) is 11.6 Å². The van der Waals surface area contributed by atoms with Crippen LogP contribution < -0.4 is 0 Å². The van der Waals surface area contributed by atoms with Gasteiger partial charge in [-0.2, -0.15) is 0 Å². The molecule has 1 aromatic rings. The maximum absolute atomic E-state index is 15.1. The first kappa shape index (κ1) is 50.3. The van der Waals surface area contributed by atoms with Gasteiger partial charge < -0.3 is 14.2 Å². The highest BCUT2D eigenvalue weighted by atomic mass is 16.6. The normalized spacial score (nSPS) is 28.2. The van der Waals surface area contributed by atoms with Crippen LogP contribution in [0.5, 0.6) is 0 Å². The molecule has 0 saturated carbocycles. The van der Waals surface area contributed by atoms with Crippen molar-refractivity contribution in [2.45, 2.75) is 225 Å². The van der Waals surface area contributed by atoms with Crippen LogP contribution in [0.4, 0.5) is 0 Å². The van der Waals surface area contributed by atoms with Gasteiger partial charge >= 0.3 is 17.9 Å². The van der Waals surface area contributed by atoms with Crippen LogP contribution in [0.1, 0.15) is 204 Å². The van der Waals surface area contributed by atoms with Gasteiger partial charge in [-0.05, 0) is 170 Å². The van der Waals surface area contributed by atoms with Gasteiger partial charge in [0.2, 0.25) is 0 Å². The first-order valence-electron chi connectivity index (χ1n) is 24.0. The first-order chi connectivity index (χ1) is 28.9. The van der Waals surface area contributed by atoms with Crippen LogP contribution in [-0.4, -0.2) is 134 Å². The molecule has 1 aliphatic carbocycles. The molecule has 4 fully saturated rings. The topological polar surface area (TPSA) is 109 Å². The zero-order chi connectivity index (χ0) is 48.3. The van der Waals surface area contributed by atoms with Crippen LogP contribution in [0.15, 0.2) is 23.8 Å². The molecule has 0 N–H and O–H groups in total. The number of hydrogen-bond donors (Lipinski definition) is 0. The van der Waals surface area contributed by atoms with Gasteiger partial charge in [0.15, 0.2) is 5.78 Å². The zero-order valence-corrected chi connectivity index (χ0v) is 43.4. The van der Waals surface area contributed by atoms with E-state index in [2.05, 4.69) is 159 Å². The van der Waals surface area contributed by atoms with Gasteiger partial charge in [0.05, 0.1) is 22.6 Å². The number of rotatable bonds is 9. The number of ether oxygens (including phenoxy) is 3. The molecule has 4 aliphatic heterocycles. The summed E-state index contributed by atoms with van der Waals surface area (Å²) in [5.74, 6) is -2.78. The van der Waals surface area contributed by atoms with E-state index in [1.165, 1.54) is 12.1 Å². The number of carbonyl (C=O) groups excluding carboxylic acids is 4. The van der Waals surface area contributed by atoms with E-state index in [9.17, 15) is 14.4 Å². The summed E-state index contributed by atoms with van der Waals surface area (Å²) in [6, 6.07) is 2.85. The molecule has 0 spiro atoms. The minimum Gasteiger partial charge on any atom is -0.459 e. The number of benzene rings is 1. The summed E-state index contributed by atoms with van der Waals surface area (Å²) in [6.45, 7) is 34.6. The Morgan fingerprint density at radius 2 is 0.641 bits per heavy atom. The molecule has 358 valence electrons. The largest absolute Gasteiger partial charge is 0.459 e. The molecule has 6 rings (SSSR count). The van der Waals surface area contributed by atoms with Crippen LogP contribution in [-0.2, 0) is 14.2 Å². The van der Waals surface area contributed by atoms with Gasteiger partial charge in [-0.25, -0.2) is 14.4 Å². The maximum Gasteiger partial charge on any atom is 0.339 e. The second kappa shape index (κ2) is 16.3. The Hall–Kier alpha value is -3.12. The fourth-order valence-corrected chi connectivity index (χ4v) is 12.6. The predicted molar refractivity (Wildman–Crippen MR) is 254 cm³/mol. The molecule has 1 unspecified atom stereocenters. The van der Waals surface area contributed by atoms with Crippen molar-refractivity contribution < 1.29 is 33.4 Å². The number of ketones is 1. The summed E-state index contributed by atoms with van der Waals surface area (Å²) in [7, 11) is 8.44. The summed E-state index contributed by atoms with van der Waals surface area (Å²) < 4.78 is 19.2. The molecule has 5 aliphatic rings. The highest BCUT2D eigenvalue weighted by Gasteiger charge is 2.51. The van der Waals surface area contributed by atoms with E-state index in [1.54, 1.807) is 0 Å². The summed E-state index contributed by atoms with van der Waals surface area (Å²) in [5.41, 5.74) is -0.933. The van der Waals surface area contributed by atoms with Crippen molar-refractivity contribution in [2.24, 2.45) is 11.8 Å². The summed E-state index contributed by atoms with van der Waals surface area (Å²) in [5, 5.41) is 0. The van der Waals surface area contributed by atoms with Crippen molar-refractivity contribution in [2.75, 3.05) is 28.2 Å². The van der Waals surface area contributed by atoms with Gasteiger partial charge in [0.1, 0.15) is 18.3 Å². The fourth-order valence-electron chi connectivity index (χ4n) is 12.6. The number of hydrogen-bond acceptors (Lipinski definition) is 11. The van der Waals surface area contributed by atoms with Gasteiger partial charge in [0, 0.05) is 88.4 Å². The lowest BCUT2D eigenvalue weighted by Crippen LogP contribution is -2.60. The van der Waals surface area contributed by atoms with E-state index >= 15 is 4.79 Å². The Kier molecular flexibility index (Phi) is 12.8. The molecule has 4 heterocycles. The Bertz CT molecular complexity index is 2000. The molecule has 0 radical (unpaired) electrons. The molecular weight excluding hydrogens is 805 g/mol. The predicted octanol–water partition coefficient (Wildman–Crippen LogP) is 9.75. The van der Waals surface area contributed by atoms with Gasteiger partial charge in [-0.15, -0.1) is 0 Å². The molecular formula is C53H84N4O7. The van der Waals surface area contributed by atoms with E-state index in [0.717, 1.165) is 18.4 Å². The number of carbonyl (C=O) groups is 4. The molecule has 64 heavy (non-hydrogen) atoms. The average Bonchev–Trinajstić information content (AvgIpc) is 3.93. The molecule has 11 nitrogen and oxygen atoms in total. The zero-order valence-electron chi connectivity index (χ0n) is 43.4. The third-order valence-electron chi connectivity index (χ3n) is 17.4. The third-order valence-corrected chi connectivity index (χ3v) is 17.4. The number of allylic oxidation sites excluding steroid dienone is 2. The van der Waals surface area contributed by atoms with Crippen LogP contribution in [0.3, 0.4) is 0 Å².